The predicted octanol–water partition coefficient (Wildman–Crippen LogP) is 3.55. The normalized spacial score (nSPS) is 16.4. The van der Waals surface area contributed by atoms with Gasteiger partial charge in [-0.1, -0.05) is 13.8 Å². The quantitative estimate of drug-likeness (QED) is 0.783. The Kier molecular flexibility index (Phi) is 2.62. The van der Waals surface area contributed by atoms with Gasteiger partial charge in [0.15, 0.2) is 0 Å². The van der Waals surface area contributed by atoms with Crippen molar-refractivity contribution in [1.82, 2.24) is 10.2 Å². The molecule has 0 unspecified atom stereocenters. The molecule has 0 atom stereocenters. The molecule has 0 spiro atoms. The third-order valence-electron chi connectivity index (χ3n) is 3.48. The van der Waals surface area contributed by atoms with E-state index in [-0.39, 0.29) is 5.41 Å². The lowest BCUT2D eigenvalue weighted by Crippen LogP contribution is -2.09. The second-order valence-corrected chi connectivity index (χ2v) is 5.84. The van der Waals surface area contributed by atoms with Crippen molar-refractivity contribution in [2.24, 2.45) is 5.41 Å². The Bertz CT molecular complexity index is 651. The lowest BCUT2D eigenvalue weighted by molar-refractivity contribution is 0.390. The molecule has 1 aliphatic rings. The van der Waals surface area contributed by atoms with Gasteiger partial charge >= 0.3 is 0 Å². The highest BCUT2D eigenvalue weighted by Gasteiger charge is 2.30. The van der Waals surface area contributed by atoms with Gasteiger partial charge in [0.1, 0.15) is 11.6 Å². The molecular formula is C15H14F2N2. The molecule has 19 heavy (non-hydrogen) atoms. The average Bonchev–Trinajstić information content (AvgIpc) is 2.61. The molecule has 0 fully saturated rings. The molecule has 4 heteroatoms. The molecule has 2 nitrogen and oxygen atoms in total. The maximum Gasteiger partial charge on any atom is 0.135 e. The van der Waals surface area contributed by atoms with Crippen molar-refractivity contribution in [3.8, 4) is 11.3 Å². The van der Waals surface area contributed by atoms with Crippen LogP contribution in [0, 0.1) is 17.0 Å². The fraction of sp³-hybridized carbons (Fsp3) is 0.333. The monoisotopic (exact) mass is 260 g/mol. The first kappa shape index (κ1) is 12.2. The summed E-state index contributed by atoms with van der Waals surface area (Å²) in [6, 6.07) is 5.38. The number of hydrogen-bond donors (Lipinski definition) is 0. The van der Waals surface area contributed by atoms with E-state index in [9.17, 15) is 8.78 Å². The Balaban J connectivity index is 2.04. The number of nitrogens with zero attached hydrogens (tertiary/aromatic N) is 2. The average molecular weight is 260 g/mol. The Labute approximate surface area is 110 Å². The van der Waals surface area contributed by atoms with Crippen LogP contribution in [0.1, 0.15) is 25.1 Å². The zero-order valence-corrected chi connectivity index (χ0v) is 10.9. The largest absolute Gasteiger partial charge is 0.207 e. The van der Waals surface area contributed by atoms with Gasteiger partial charge in [0.05, 0.1) is 11.4 Å². The first-order valence-electron chi connectivity index (χ1n) is 6.25. The van der Waals surface area contributed by atoms with Gasteiger partial charge in [0, 0.05) is 11.6 Å². The van der Waals surface area contributed by atoms with E-state index in [1.54, 1.807) is 0 Å². The Morgan fingerprint density at radius 2 is 1.84 bits per heavy atom. The molecule has 0 amide bonds. The molecule has 1 heterocycles. The number of halogens is 2. The molecule has 3 rings (SSSR count). The van der Waals surface area contributed by atoms with E-state index in [2.05, 4.69) is 24.0 Å². The van der Waals surface area contributed by atoms with Gasteiger partial charge in [-0.05, 0) is 42.0 Å². The van der Waals surface area contributed by atoms with Gasteiger partial charge in [-0.3, -0.25) is 0 Å². The molecule has 98 valence electrons. The number of benzene rings is 1. The Morgan fingerprint density at radius 3 is 2.58 bits per heavy atom. The molecule has 0 N–H and O–H groups in total. The first-order chi connectivity index (χ1) is 8.94. The molecule has 2 aromatic rings. The van der Waals surface area contributed by atoms with Crippen molar-refractivity contribution < 1.29 is 8.78 Å². The summed E-state index contributed by atoms with van der Waals surface area (Å²) in [5.41, 5.74) is 3.03. The highest BCUT2D eigenvalue weighted by Crippen LogP contribution is 2.36. The number of rotatable bonds is 1. The third-order valence-corrected chi connectivity index (χ3v) is 3.48. The summed E-state index contributed by atoms with van der Waals surface area (Å²) < 4.78 is 26.6. The van der Waals surface area contributed by atoms with Crippen molar-refractivity contribution in [2.45, 2.75) is 26.7 Å². The summed E-state index contributed by atoms with van der Waals surface area (Å²) in [6.07, 6.45) is 1.80. The molecule has 1 aliphatic carbocycles. The molecule has 1 aromatic heterocycles. The molecule has 0 saturated heterocycles. The third kappa shape index (κ3) is 2.23. The molecule has 0 saturated carbocycles. The second-order valence-electron chi connectivity index (χ2n) is 5.84. The Hall–Kier alpha value is -1.84. The topological polar surface area (TPSA) is 25.8 Å². The minimum atomic E-state index is -0.605. The SMILES string of the molecule is CC1(C)Cc2cc(-c3ccc(F)cc3F)nnc2C1. The standard InChI is InChI=1S/C15H14F2N2/c1-15(2)7-9-5-13(18-19-14(9)8-15)11-4-3-10(16)6-12(11)17/h3-6H,7-8H2,1-2H3. The van der Waals surface area contributed by atoms with E-state index in [4.69, 9.17) is 0 Å². The maximum absolute atomic E-state index is 13.7. The van der Waals surface area contributed by atoms with E-state index in [0.717, 1.165) is 30.2 Å². The molecule has 0 radical (unpaired) electrons. The van der Waals surface area contributed by atoms with E-state index in [1.807, 2.05) is 6.07 Å². The van der Waals surface area contributed by atoms with Gasteiger partial charge in [-0.15, -0.1) is 0 Å². The summed E-state index contributed by atoms with van der Waals surface area (Å²) in [5.74, 6) is -1.19. The van der Waals surface area contributed by atoms with Crippen molar-refractivity contribution >= 4 is 0 Å². The maximum atomic E-state index is 13.7. The lowest BCUT2D eigenvalue weighted by Gasteiger charge is -2.14. The minimum absolute atomic E-state index is 0.178. The van der Waals surface area contributed by atoms with Crippen LogP contribution in [-0.2, 0) is 12.8 Å². The van der Waals surface area contributed by atoms with Crippen LogP contribution in [0.2, 0.25) is 0 Å². The predicted molar refractivity (Wildman–Crippen MR) is 68.6 cm³/mol. The summed E-state index contributed by atoms with van der Waals surface area (Å²) in [4.78, 5) is 0. The van der Waals surface area contributed by atoms with Gasteiger partial charge in [0.25, 0.3) is 0 Å². The summed E-state index contributed by atoms with van der Waals surface area (Å²) in [5, 5.41) is 8.25. The van der Waals surface area contributed by atoms with Crippen LogP contribution in [-0.4, -0.2) is 10.2 Å². The van der Waals surface area contributed by atoms with E-state index in [1.165, 1.54) is 12.1 Å². The minimum Gasteiger partial charge on any atom is -0.207 e. The molecular weight excluding hydrogens is 246 g/mol. The lowest BCUT2D eigenvalue weighted by atomic mass is 9.90. The van der Waals surface area contributed by atoms with Crippen molar-refractivity contribution in [3.63, 3.8) is 0 Å². The molecule has 0 bridgehead atoms. The first-order valence-corrected chi connectivity index (χ1v) is 6.25. The summed E-state index contributed by atoms with van der Waals surface area (Å²) in [7, 11) is 0. The second kappa shape index (κ2) is 4.08. The van der Waals surface area contributed by atoms with E-state index in [0.29, 0.717) is 11.3 Å². The van der Waals surface area contributed by atoms with Crippen LogP contribution in [0.4, 0.5) is 8.78 Å². The van der Waals surface area contributed by atoms with Crippen molar-refractivity contribution in [2.75, 3.05) is 0 Å². The highest BCUT2D eigenvalue weighted by atomic mass is 19.1. The fourth-order valence-electron chi connectivity index (χ4n) is 2.62. The van der Waals surface area contributed by atoms with Crippen molar-refractivity contribution in [3.05, 3.63) is 47.2 Å². The van der Waals surface area contributed by atoms with Crippen LogP contribution < -0.4 is 0 Å². The van der Waals surface area contributed by atoms with Gasteiger partial charge < -0.3 is 0 Å². The van der Waals surface area contributed by atoms with E-state index < -0.39 is 11.6 Å². The highest BCUT2D eigenvalue weighted by molar-refractivity contribution is 5.60. The number of aromatic nitrogens is 2. The van der Waals surface area contributed by atoms with Crippen LogP contribution in [0.25, 0.3) is 11.3 Å². The number of fused-ring (bicyclic) bond motifs is 1. The van der Waals surface area contributed by atoms with Gasteiger partial charge in [-0.2, -0.15) is 10.2 Å². The molecule has 0 aliphatic heterocycles. The van der Waals surface area contributed by atoms with Crippen molar-refractivity contribution in [1.29, 1.82) is 0 Å². The van der Waals surface area contributed by atoms with Crippen LogP contribution in [0.3, 0.4) is 0 Å². The smallest absolute Gasteiger partial charge is 0.135 e. The van der Waals surface area contributed by atoms with Crippen LogP contribution in [0.15, 0.2) is 24.3 Å². The van der Waals surface area contributed by atoms with Gasteiger partial charge in [-0.25, -0.2) is 8.78 Å². The van der Waals surface area contributed by atoms with Crippen LogP contribution in [0.5, 0.6) is 0 Å². The summed E-state index contributed by atoms with van der Waals surface area (Å²) in [6.45, 7) is 4.35. The molecule has 1 aromatic carbocycles. The number of hydrogen-bond acceptors (Lipinski definition) is 2. The van der Waals surface area contributed by atoms with Gasteiger partial charge in [0.2, 0.25) is 0 Å². The summed E-state index contributed by atoms with van der Waals surface area (Å²) >= 11 is 0. The Morgan fingerprint density at radius 1 is 1.05 bits per heavy atom. The zero-order chi connectivity index (χ0) is 13.6. The van der Waals surface area contributed by atoms with Crippen LogP contribution >= 0.6 is 0 Å². The van der Waals surface area contributed by atoms with E-state index >= 15 is 0 Å². The fourth-order valence-corrected chi connectivity index (χ4v) is 2.62. The zero-order valence-electron chi connectivity index (χ0n) is 10.9.